The Hall–Kier alpha value is -1.71. The highest BCUT2D eigenvalue weighted by Crippen LogP contribution is 2.01. The minimum Gasteiger partial charge on any atom is -0.463 e. The summed E-state index contributed by atoms with van der Waals surface area (Å²) in [6, 6.07) is 3.59. The first kappa shape index (κ1) is 15.3. The van der Waals surface area contributed by atoms with E-state index < -0.39 is 0 Å². The van der Waals surface area contributed by atoms with Gasteiger partial charge in [0.1, 0.15) is 5.71 Å². The van der Waals surface area contributed by atoms with Crippen LogP contribution in [0.15, 0.2) is 27.9 Å². The highest BCUT2D eigenvalue weighted by Gasteiger charge is 2.07. The van der Waals surface area contributed by atoms with Crippen molar-refractivity contribution in [3.05, 3.63) is 24.2 Å². The zero-order valence-corrected chi connectivity index (χ0v) is 12.2. The van der Waals surface area contributed by atoms with Crippen molar-refractivity contribution >= 4 is 40.4 Å². The molecule has 7 nitrogen and oxygen atoms in total. The number of rotatable bonds is 5. The number of furan rings is 1. The summed E-state index contributed by atoms with van der Waals surface area (Å²) in [5.74, 6) is 0.635. The molecule has 1 rings (SSSR count). The van der Waals surface area contributed by atoms with E-state index in [1.54, 1.807) is 32.5 Å². The van der Waals surface area contributed by atoms with Gasteiger partial charge >= 0.3 is 0 Å². The zero-order chi connectivity index (χ0) is 14.1. The summed E-state index contributed by atoms with van der Waals surface area (Å²) in [6.07, 6.45) is 1.58. The van der Waals surface area contributed by atoms with Crippen molar-refractivity contribution in [1.82, 2.24) is 26.9 Å². The Morgan fingerprint density at radius 1 is 1.26 bits per heavy atom. The lowest BCUT2D eigenvalue weighted by Crippen LogP contribution is -2.45. The highest BCUT2D eigenvalue weighted by molar-refractivity contribution is 7.80. The predicted molar refractivity (Wildman–Crippen MR) is 82.8 cm³/mol. The van der Waals surface area contributed by atoms with Gasteiger partial charge in [-0.05, 0) is 36.6 Å². The molecular formula is C10H16N6OS2. The first-order chi connectivity index (χ1) is 9.17. The average Bonchev–Trinajstić information content (AvgIpc) is 2.95. The molecule has 0 aliphatic heterocycles. The van der Waals surface area contributed by atoms with Crippen molar-refractivity contribution in [3.8, 4) is 0 Å². The first-order valence-electron chi connectivity index (χ1n) is 5.46. The van der Waals surface area contributed by atoms with Crippen LogP contribution in [0.4, 0.5) is 0 Å². The van der Waals surface area contributed by atoms with Crippen molar-refractivity contribution in [2.24, 2.45) is 5.10 Å². The van der Waals surface area contributed by atoms with Gasteiger partial charge in [-0.25, -0.2) is 5.43 Å². The lowest BCUT2D eigenvalue weighted by atomic mass is 10.3. The van der Waals surface area contributed by atoms with Gasteiger partial charge < -0.3 is 15.1 Å². The standard InChI is InChI=1S/C10H16N6OS2/c1-11-9(18)15-13-6-7(8-4-3-5-17-8)14-16-10(19)12-2/h3-5,13H,6H2,1-2H3,(H2,11,15,18)(H2,12,16,19)/b14-7-. The van der Waals surface area contributed by atoms with E-state index in [0.717, 1.165) is 0 Å². The summed E-state index contributed by atoms with van der Waals surface area (Å²) in [4.78, 5) is 0. The summed E-state index contributed by atoms with van der Waals surface area (Å²) in [6.45, 7) is 0.397. The Labute approximate surface area is 122 Å². The Kier molecular flexibility index (Phi) is 6.79. The SMILES string of the molecule is CNC(=S)N/N=C(/CNNC(=S)NC)c1ccco1. The van der Waals surface area contributed by atoms with Crippen LogP contribution in [-0.2, 0) is 0 Å². The summed E-state index contributed by atoms with van der Waals surface area (Å²) in [7, 11) is 3.44. The fourth-order valence-electron chi connectivity index (χ4n) is 1.07. The van der Waals surface area contributed by atoms with E-state index in [1.807, 2.05) is 0 Å². The van der Waals surface area contributed by atoms with E-state index in [2.05, 4.69) is 32.0 Å². The van der Waals surface area contributed by atoms with Gasteiger partial charge in [0.25, 0.3) is 0 Å². The molecule has 1 aromatic heterocycles. The van der Waals surface area contributed by atoms with E-state index >= 15 is 0 Å². The second-order valence-corrected chi connectivity index (χ2v) is 4.10. The van der Waals surface area contributed by atoms with Crippen LogP contribution in [0, 0.1) is 0 Å². The van der Waals surface area contributed by atoms with Crippen LogP contribution in [0.5, 0.6) is 0 Å². The maximum atomic E-state index is 5.29. The van der Waals surface area contributed by atoms with Gasteiger partial charge in [0.2, 0.25) is 0 Å². The molecule has 1 heterocycles. The maximum absolute atomic E-state index is 5.29. The molecule has 0 saturated carbocycles. The van der Waals surface area contributed by atoms with Crippen molar-refractivity contribution in [2.45, 2.75) is 0 Å². The Morgan fingerprint density at radius 3 is 2.58 bits per heavy atom. The van der Waals surface area contributed by atoms with Gasteiger partial charge in [-0.1, -0.05) is 0 Å². The third-order valence-corrected chi connectivity index (χ3v) is 2.61. The molecule has 0 saturated heterocycles. The van der Waals surface area contributed by atoms with E-state index in [9.17, 15) is 0 Å². The van der Waals surface area contributed by atoms with E-state index in [-0.39, 0.29) is 0 Å². The molecule has 104 valence electrons. The second kappa shape index (κ2) is 8.40. The third kappa shape index (κ3) is 5.64. The minimum absolute atomic E-state index is 0.397. The van der Waals surface area contributed by atoms with E-state index in [4.69, 9.17) is 28.9 Å². The summed E-state index contributed by atoms with van der Waals surface area (Å²) >= 11 is 9.89. The van der Waals surface area contributed by atoms with Crippen LogP contribution in [-0.4, -0.2) is 36.6 Å². The van der Waals surface area contributed by atoms with Crippen LogP contribution in [0.25, 0.3) is 0 Å². The number of nitrogens with zero attached hydrogens (tertiary/aromatic N) is 1. The third-order valence-electron chi connectivity index (χ3n) is 2.01. The smallest absolute Gasteiger partial charge is 0.186 e. The molecule has 19 heavy (non-hydrogen) atoms. The molecule has 0 atom stereocenters. The molecule has 0 radical (unpaired) electrons. The Morgan fingerprint density at radius 2 is 2.00 bits per heavy atom. The molecule has 0 aliphatic rings. The molecule has 0 amide bonds. The second-order valence-electron chi connectivity index (χ2n) is 3.28. The first-order valence-corrected chi connectivity index (χ1v) is 6.27. The summed E-state index contributed by atoms with van der Waals surface area (Å²) in [5, 5.41) is 10.6. The van der Waals surface area contributed by atoms with Crippen LogP contribution in [0.1, 0.15) is 5.76 Å². The quantitative estimate of drug-likeness (QED) is 0.287. The van der Waals surface area contributed by atoms with Gasteiger partial charge in [-0.3, -0.25) is 10.9 Å². The number of thiocarbonyl (C=S) groups is 2. The van der Waals surface area contributed by atoms with E-state index in [1.165, 1.54) is 0 Å². The molecular weight excluding hydrogens is 284 g/mol. The molecule has 5 N–H and O–H groups in total. The zero-order valence-electron chi connectivity index (χ0n) is 10.6. The highest BCUT2D eigenvalue weighted by atomic mass is 32.1. The number of nitrogens with one attached hydrogen (secondary N) is 5. The molecule has 0 bridgehead atoms. The number of hydrogen-bond acceptors (Lipinski definition) is 5. The van der Waals surface area contributed by atoms with Crippen molar-refractivity contribution in [1.29, 1.82) is 0 Å². The summed E-state index contributed by atoms with van der Waals surface area (Å²) in [5.41, 5.74) is 9.07. The largest absolute Gasteiger partial charge is 0.463 e. The Balaban J connectivity index is 2.60. The topological polar surface area (TPSA) is 85.7 Å². The van der Waals surface area contributed by atoms with Crippen LogP contribution >= 0.6 is 24.4 Å². The van der Waals surface area contributed by atoms with Crippen LogP contribution in [0.2, 0.25) is 0 Å². The monoisotopic (exact) mass is 300 g/mol. The normalized spacial score (nSPS) is 10.7. The molecule has 0 spiro atoms. The van der Waals surface area contributed by atoms with Crippen LogP contribution in [0.3, 0.4) is 0 Å². The Bertz CT molecular complexity index is 445. The lowest BCUT2D eigenvalue weighted by Gasteiger charge is -2.10. The van der Waals surface area contributed by atoms with E-state index in [0.29, 0.717) is 28.2 Å². The van der Waals surface area contributed by atoms with Gasteiger partial charge in [0, 0.05) is 14.1 Å². The fraction of sp³-hybridized carbons (Fsp3) is 0.300. The summed E-state index contributed by atoms with van der Waals surface area (Å²) < 4.78 is 5.29. The molecule has 0 unspecified atom stereocenters. The van der Waals surface area contributed by atoms with Gasteiger partial charge in [-0.15, -0.1) is 0 Å². The van der Waals surface area contributed by atoms with Gasteiger partial charge in [0.05, 0.1) is 12.8 Å². The molecule has 0 fully saturated rings. The maximum Gasteiger partial charge on any atom is 0.186 e. The van der Waals surface area contributed by atoms with Crippen molar-refractivity contribution < 1.29 is 4.42 Å². The predicted octanol–water partition coefficient (Wildman–Crippen LogP) is -0.324. The molecule has 0 aliphatic carbocycles. The fourth-order valence-corrected chi connectivity index (χ4v) is 1.19. The van der Waals surface area contributed by atoms with Crippen molar-refractivity contribution in [2.75, 3.05) is 20.6 Å². The lowest BCUT2D eigenvalue weighted by molar-refractivity contribution is 0.553. The molecule has 0 aromatic carbocycles. The number of hydrazone groups is 1. The van der Waals surface area contributed by atoms with Crippen molar-refractivity contribution in [3.63, 3.8) is 0 Å². The molecule has 9 heteroatoms. The number of hydrogen-bond donors (Lipinski definition) is 5. The number of hydrazine groups is 1. The van der Waals surface area contributed by atoms with Gasteiger partial charge in [0.15, 0.2) is 16.0 Å². The average molecular weight is 300 g/mol. The van der Waals surface area contributed by atoms with Crippen LogP contribution < -0.4 is 26.9 Å². The minimum atomic E-state index is 0.397. The van der Waals surface area contributed by atoms with Gasteiger partial charge in [-0.2, -0.15) is 5.10 Å². The molecule has 1 aromatic rings.